The first-order chi connectivity index (χ1) is 11.7. The van der Waals surface area contributed by atoms with Crippen LogP contribution in [0.3, 0.4) is 0 Å². The van der Waals surface area contributed by atoms with Gasteiger partial charge in [0, 0.05) is 11.4 Å². The molecule has 3 rings (SSSR count). The van der Waals surface area contributed by atoms with Crippen molar-refractivity contribution in [2.75, 3.05) is 18.2 Å². The van der Waals surface area contributed by atoms with Gasteiger partial charge in [-0.05, 0) is 60.2 Å². The number of hydrogen-bond donors (Lipinski definition) is 1. The summed E-state index contributed by atoms with van der Waals surface area (Å²) in [5, 5.41) is 2.93. The molecular formula is C19H20FNO2S. The van der Waals surface area contributed by atoms with Gasteiger partial charge in [-0.2, -0.15) is 0 Å². The van der Waals surface area contributed by atoms with Crippen molar-refractivity contribution in [2.45, 2.75) is 25.0 Å². The molecule has 1 aliphatic carbocycles. The van der Waals surface area contributed by atoms with Crippen molar-refractivity contribution >= 4 is 23.4 Å². The number of fused-ring (bicyclic) bond motifs is 1. The summed E-state index contributed by atoms with van der Waals surface area (Å²) in [6.07, 6.45) is 3.43. The van der Waals surface area contributed by atoms with E-state index in [1.54, 1.807) is 6.07 Å². The number of hydrogen-bond acceptors (Lipinski definition) is 3. The molecule has 2 aromatic rings. The summed E-state index contributed by atoms with van der Waals surface area (Å²) in [5.41, 5.74) is 4.43. The third kappa shape index (κ3) is 4.09. The molecule has 0 spiro atoms. The molecule has 2 aromatic carbocycles. The zero-order valence-electron chi connectivity index (χ0n) is 13.6. The molecule has 0 saturated carbocycles. The van der Waals surface area contributed by atoms with Crippen LogP contribution in [0.25, 0.3) is 0 Å². The molecule has 0 saturated heterocycles. The van der Waals surface area contributed by atoms with Gasteiger partial charge in [0.25, 0.3) is 0 Å². The Morgan fingerprint density at radius 1 is 1.21 bits per heavy atom. The van der Waals surface area contributed by atoms with Crippen LogP contribution in [-0.2, 0) is 23.4 Å². The average Bonchev–Trinajstić information content (AvgIpc) is 3.02. The number of halogens is 1. The average molecular weight is 345 g/mol. The summed E-state index contributed by atoms with van der Waals surface area (Å²) in [7, 11) is 1.44. The van der Waals surface area contributed by atoms with E-state index in [4.69, 9.17) is 4.74 Å². The predicted octanol–water partition coefficient (Wildman–Crippen LogP) is 4.19. The first-order valence-corrected chi connectivity index (χ1v) is 9.13. The van der Waals surface area contributed by atoms with Crippen LogP contribution in [0.1, 0.15) is 23.1 Å². The maximum absolute atomic E-state index is 13.6. The quantitative estimate of drug-likeness (QED) is 0.853. The second kappa shape index (κ2) is 7.71. The number of ether oxygens (including phenoxy) is 1. The van der Waals surface area contributed by atoms with Gasteiger partial charge in [-0.3, -0.25) is 4.79 Å². The molecule has 24 heavy (non-hydrogen) atoms. The lowest BCUT2D eigenvalue weighted by Gasteiger charge is -2.08. The number of carbonyl (C=O) groups is 1. The number of carbonyl (C=O) groups excluding carboxylic acids is 1. The van der Waals surface area contributed by atoms with Gasteiger partial charge in [-0.1, -0.05) is 12.1 Å². The Bertz CT molecular complexity index is 748. The predicted molar refractivity (Wildman–Crippen MR) is 96.2 cm³/mol. The largest absolute Gasteiger partial charge is 0.494 e. The highest BCUT2D eigenvalue weighted by Gasteiger charge is 2.12. The van der Waals surface area contributed by atoms with Gasteiger partial charge in [-0.25, -0.2) is 4.39 Å². The number of benzene rings is 2. The minimum atomic E-state index is -0.377. The van der Waals surface area contributed by atoms with E-state index in [9.17, 15) is 9.18 Å². The highest BCUT2D eigenvalue weighted by atomic mass is 32.2. The molecule has 126 valence electrons. The van der Waals surface area contributed by atoms with E-state index in [-0.39, 0.29) is 17.5 Å². The first-order valence-electron chi connectivity index (χ1n) is 7.97. The smallest absolute Gasteiger partial charge is 0.234 e. The Morgan fingerprint density at radius 3 is 2.83 bits per heavy atom. The molecule has 5 heteroatoms. The molecule has 0 radical (unpaired) electrons. The van der Waals surface area contributed by atoms with E-state index in [0.29, 0.717) is 11.5 Å². The summed E-state index contributed by atoms with van der Waals surface area (Å²) in [6, 6.07) is 11.0. The molecule has 3 nitrogen and oxygen atoms in total. The minimum absolute atomic E-state index is 0.0352. The maximum atomic E-state index is 13.6. The minimum Gasteiger partial charge on any atom is -0.494 e. The molecule has 1 amide bonds. The molecule has 0 aromatic heterocycles. The third-order valence-corrected chi connectivity index (χ3v) is 5.10. The van der Waals surface area contributed by atoms with Crippen LogP contribution in [0.2, 0.25) is 0 Å². The van der Waals surface area contributed by atoms with Gasteiger partial charge in [0.2, 0.25) is 5.91 Å². The molecule has 0 atom stereocenters. The first kappa shape index (κ1) is 16.8. The van der Waals surface area contributed by atoms with Crippen molar-refractivity contribution in [3.05, 3.63) is 58.9 Å². The number of thioether (sulfide) groups is 1. The second-order valence-electron chi connectivity index (χ2n) is 5.85. The van der Waals surface area contributed by atoms with Crippen LogP contribution in [0, 0.1) is 5.82 Å². The van der Waals surface area contributed by atoms with Crippen molar-refractivity contribution in [3.63, 3.8) is 0 Å². The normalized spacial score (nSPS) is 12.8. The third-order valence-electron chi connectivity index (χ3n) is 4.10. The van der Waals surface area contributed by atoms with Crippen LogP contribution >= 0.6 is 11.8 Å². The monoisotopic (exact) mass is 345 g/mol. The van der Waals surface area contributed by atoms with Gasteiger partial charge >= 0.3 is 0 Å². The maximum Gasteiger partial charge on any atom is 0.234 e. The Hall–Kier alpha value is -2.01. The van der Waals surface area contributed by atoms with Crippen LogP contribution < -0.4 is 10.1 Å². The lowest BCUT2D eigenvalue weighted by atomic mass is 10.1. The van der Waals surface area contributed by atoms with Crippen LogP contribution in [0.5, 0.6) is 5.75 Å². The van der Waals surface area contributed by atoms with Crippen molar-refractivity contribution < 1.29 is 13.9 Å². The fourth-order valence-electron chi connectivity index (χ4n) is 2.91. The van der Waals surface area contributed by atoms with Crippen molar-refractivity contribution in [2.24, 2.45) is 0 Å². The van der Waals surface area contributed by atoms with Crippen molar-refractivity contribution in [3.8, 4) is 5.75 Å². The Balaban J connectivity index is 1.48. The van der Waals surface area contributed by atoms with Gasteiger partial charge in [0.1, 0.15) is 0 Å². The Kier molecular flexibility index (Phi) is 5.41. The van der Waals surface area contributed by atoms with Crippen molar-refractivity contribution in [1.29, 1.82) is 0 Å². The fourth-order valence-corrected chi connectivity index (χ4v) is 3.68. The number of aryl methyl sites for hydroxylation is 2. The van der Waals surface area contributed by atoms with E-state index in [1.165, 1.54) is 42.5 Å². The molecule has 0 aliphatic heterocycles. The number of amides is 1. The summed E-state index contributed by atoms with van der Waals surface area (Å²) in [4.78, 5) is 12.0. The molecule has 0 unspecified atom stereocenters. The molecule has 1 N–H and O–H groups in total. The zero-order valence-corrected chi connectivity index (χ0v) is 14.4. The lowest BCUT2D eigenvalue weighted by molar-refractivity contribution is -0.113. The zero-order chi connectivity index (χ0) is 16.9. The summed E-state index contributed by atoms with van der Waals surface area (Å²) in [6.45, 7) is 0. The summed E-state index contributed by atoms with van der Waals surface area (Å²) in [5.74, 6) is 0.742. The Morgan fingerprint density at radius 2 is 2.04 bits per heavy atom. The standard InChI is InChI=1S/C19H20FNO2S/c1-23-18-8-5-13(9-17(18)20)11-24-12-19(22)21-16-7-6-14-3-2-4-15(14)10-16/h5-10H,2-4,11-12H2,1H3,(H,21,22). The number of rotatable bonds is 6. The summed E-state index contributed by atoms with van der Waals surface area (Å²) < 4.78 is 18.5. The van der Waals surface area contributed by atoms with Gasteiger partial charge < -0.3 is 10.1 Å². The number of anilines is 1. The fraction of sp³-hybridized carbons (Fsp3) is 0.316. The number of nitrogens with one attached hydrogen (secondary N) is 1. The molecule has 0 bridgehead atoms. The highest BCUT2D eigenvalue weighted by molar-refractivity contribution is 7.99. The summed E-state index contributed by atoms with van der Waals surface area (Å²) >= 11 is 1.46. The molecule has 1 aliphatic rings. The van der Waals surface area contributed by atoms with Gasteiger partial charge in [0.15, 0.2) is 11.6 Å². The lowest BCUT2D eigenvalue weighted by Crippen LogP contribution is -2.14. The van der Waals surface area contributed by atoms with Crippen LogP contribution in [0.4, 0.5) is 10.1 Å². The van der Waals surface area contributed by atoms with E-state index in [0.717, 1.165) is 24.1 Å². The van der Waals surface area contributed by atoms with E-state index < -0.39 is 0 Å². The topological polar surface area (TPSA) is 38.3 Å². The van der Waals surface area contributed by atoms with E-state index in [1.807, 2.05) is 12.1 Å². The molecule has 0 fully saturated rings. The van der Waals surface area contributed by atoms with Gasteiger partial charge in [0.05, 0.1) is 12.9 Å². The Labute approximate surface area is 145 Å². The SMILES string of the molecule is COc1ccc(CSCC(=O)Nc2ccc3c(c2)CCC3)cc1F. The molecule has 0 heterocycles. The van der Waals surface area contributed by atoms with Crippen LogP contribution in [0.15, 0.2) is 36.4 Å². The molecular weight excluding hydrogens is 325 g/mol. The van der Waals surface area contributed by atoms with E-state index >= 15 is 0 Å². The van der Waals surface area contributed by atoms with Crippen LogP contribution in [-0.4, -0.2) is 18.8 Å². The second-order valence-corrected chi connectivity index (χ2v) is 6.83. The van der Waals surface area contributed by atoms with E-state index in [2.05, 4.69) is 17.4 Å². The number of methoxy groups -OCH3 is 1. The highest BCUT2D eigenvalue weighted by Crippen LogP contribution is 2.25. The van der Waals surface area contributed by atoms with Crippen molar-refractivity contribution in [1.82, 2.24) is 0 Å². The van der Waals surface area contributed by atoms with Gasteiger partial charge in [-0.15, -0.1) is 11.8 Å².